The molecule has 0 saturated carbocycles. The topological polar surface area (TPSA) is 86.2 Å². The average Bonchev–Trinajstić information content (AvgIpc) is 2.30. The Hall–Kier alpha value is -0.750. The van der Waals surface area contributed by atoms with Gasteiger partial charge in [-0.25, -0.2) is 8.42 Å². The molecule has 1 aromatic heterocycles. The maximum atomic E-state index is 11.1. The Kier molecular flexibility index (Phi) is 2.53. The van der Waals surface area contributed by atoms with E-state index in [1.165, 1.54) is 6.92 Å². The highest BCUT2D eigenvalue weighted by Gasteiger charge is 2.25. The van der Waals surface area contributed by atoms with Crippen LogP contribution in [0.3, 0.4) is 0 Å². The van der Waals surface area contributed by atoms with Gasteiger partial charge in [0, 0.05) is 6.26 Å². The molecule has 1 aromatic rings. The van der Waals surface area contributed by atoms with E-state index in [1.807, 2.05) is 0 Å². The van der Waals surface area contributed by atoms with Crippen molar-refractivity contribution in [3.63, 3.8) is 0 Å². The fourth-order valence-electron chi connectivity index (χ4n) is 0.752. The van der Waals surface area contributed by atoms with Crippen LogP contribution in [0.1, 0.15) is 17.9 Å². The van der Waals surface area contributed by atoms with E-state index in [-0.39, 0.29) is 16.6 Å². The zero-order chi connectivity index (χ0) is 10.2. The van der Waals surface area contributed by atoms with Crippen LogP contribution >= 0.6 is 11.6 Å². The molecule has 2 N–H and O–H groups in total. The highest BCUT2D eigenvalue weighted by Crippen LogP contribution is 2.31. The van der Waals surface area contributed by atoms with Gasteiger partial charge in [-0.1, -0.05) is 16.8 Å². The molecule has 7 heteroatoms. The fourth-order valence-corrected chi connectivity index (χ4v) is 1.60. The van der Waals surface area contributed by atoms with Gasteiger partial charge in [-0.3, -0.25) is 0 Å². The lowest BCUT2D eigenvalue weighted by molar-refractivity contribution is 0.384. The standard InChI is InChI=1S/C6H9ClN2O3S/c1-3(13(2,10)11)5-4(7)6(8)9-12-5/h3H,1-2H3,(H2,8,9). The number of hydrogen-bond acceptors (Lipinski definition) is 5. The molecule has 0 radical (unpaired) electrons. The summed E-state index contributed by atoms with van der Waals surface area (Å²) in [6.07, 6.45) is 1.09. The molecule has 0 aliphatic rings. The Morgan fingerprint density at radius 2 is 2.15 bits per heavy atom. The fraction of sp³-hybridized carbons (Fsp3) is 0.500. The maximum Gasteiger partial charge on any atom is 0.186 e. The average molecular weight is 225 g/mol. The summed E-state index contributed by atoms with van der Waals surface area (Å²) in [4.78, 5) is 0. The van der Waals surface area contributed by atoms with Gasteiger partial charge >= 0.3 is 0 Å². The summed E-state index contributed by atoms with van der Waals surface area (Å²) >= 11 is 5.66. The molecular weight excluding hydrogens is 216 g/mol. The van der Waals surface area contributed by atoms with E-state index >= 15 is 0 Å². The number of nitrogen functional groups attached to an aromatic ring is 1. The van der Waals surface area contributed by atoms with Crippen LogP contribution < -0.4 is 5.73 Å². The van der Waals surface area contributed by atoms with Gasteiger partial charge in [0.15, 0.2) is 21.4 Å². The van der Waals surface area contributed by atoms with Crippen molar-refractivity contribution in [2.75, 3.05) is 12.0 Å². The summed E-state index contributed by atoms with van der Waals surface area (Å²) in [7, 11) is -3.24. The molecule has 13 heavy (non-hydrogen) atoms. The first kappa shape index (κ1) is 10.3. The van der Waals surface area contributed by atoms with E-state index in [0.717, 1.165) is 6.26 Å². The van der Waals surface area contributed by atoms with Crippen LogP contribution in [0, 0.1) is 0 Å². The van der Waals surface area contributed by atoms with Gasteiger partial charge in [0.25, 0.3) is 0 Å². The lowest BCUT2D eigenvalue weighted by Crippen LogP contribution is -2.07. The first-order valence-corrected chi connectivity index (χ1v) is 5.76. The largest absolute Gasteiger partial charge is 0.380 e. The van der Waals surface area contributed by atoms with E-state index in [0.29, 0.717) is 0 Å². The number of nitrogens with zero attached hydrogens (tertiary/aromatic N) is 1. The minimum atomic E-state index is -3.24. The predicted octanol–water partition coefficient (Wildman–Crippen LogP) is 1.02. The summed E-state index contributed by atoms with van der Waals surface area (Å²) < 4.78 is 26.9. The van der Waals surface area contributed by atoms with Crippen LogP contribution in [0.4, 0.5) is 5.82 Å². The van der Waals surface area contributed by atoms with E-state index in [9.17, 15) is 8.42 Å². The van der Waals surface area contributed by atoms with E-state index < -0.39 is 15.1 Å². The monoisotopic (exact) mass is 224 g/mol. The van der Waals surface area contributed by atoms with Crippen LogP contribution in [0.25, 0.3) is 0 Å². The van der Waals surface area contributed by atoms with Gasteiger partial charge in [-0.15, -0.1) is 0 Å². The minimum absolute atomic E-state index is 0.00664. The van der Waals surface area contributed by atoms with Crippen molar-refractivity contribution in [3.05, 3.63) is 10.8 Å². The van der Waals surface area contributed by atoms with Crippen LogP contribution in [0.15, 0.2) is 4.52 Å². The van der Waals surface area contributed by atoms with Crippen molar-refractivity contribution >= 4 is 27.3 Å². The number of nitrogens with two attached hydrogens (primary N) is 1. The Bertz CT molecular complexity index is 412. The van der Waals surface area contributed by atoms with Crippen molar-refractivity contribution in [3.8, 4) is 0 Å². The van der Waals surface area contributed by atoms with E-state index in [4.69, 9.17) is 21.9 Å². The van der Waals surface area contributed by atoms with Crippen LogP contribution in [0.5, 0.6) is 0 Å². The molecular formula is C6H9ClN2O3S. The highest BCUT2D eigenvalue weighted by atomic mass is 35.5. The van der Waals surface area contributed by atoms with Crippen molar-refractivity contribution in [1.29, 1.82) is 0 Å². The second kappa shape index (κ2) is 3.19. The molecule has 0 fully saturated rings. The van der Waals surface area contributed by atoms with Crippen LogP contribution in [-0.4, -0.2) is 19.8 Å². The molecule has 1 heterocycles. The normalized spacial score (nSPS) is 14.4. The molecule has 1 rings (SSSR count). The maximum absolute atomic E-state index is 11.1. The zero-order valence-corrected chi connectivity index (χ0v) is 8.69. The summed E-state index contributed by atoms with van der Waals surface area (Å²) in [5, 5.41) is 2.60. The second-order valence-corrected chi connectivity index (χ2v) is 5.46. The molecule has 0 spiro atoms. The van der Waals surface area contributed by atoms with Crippen molar-refractivity contribution in [2.24, 2.45) is 0 Å². The first-order valence-electron chi connectivity index (χ1n) is 3.43. The van der Waals surface area contributed by atoms with E-state index in [1.54, 1.807) is 0 Å². The molecule has 74 valence electrons. The van der Waals surface area contributed by atoms with Crippen molar-refractivity contribution in [2.45, 2.75) is 12.2 Å². The smallest absolute Gasteiger partial charge is 0.186 e. The number of aromatic nitrogens is 1. The number of rotatable bonds is 2. The molecule has 0 aliphatic carbocycles. The Balaban J connectivity index is 3.17. The second-order valence-electron chi connectivity index (χ2n) is 2.72. The third kappa shape index (κ3) is 1.94. The summed E-state index contributed by atoms with van der Waals surface area (Å²) in [5.74, 6) is 0.0915. The summed E-state index contributed by atoms with van der Waals surface area (Å²) in [5.41, 5.74) is 5.29. The third-order valence-electron chi connectivity index (χ3n) is 1.70. The lowest BCUT2D eigenvalue weighted by atomic mass is 10.3. The van der Waals surface area contributed by atoms with Gasteiger partial charge in [0.2, 0.25) is 0 Å². The van der Waals surface area contributed by atoms with Crippen molar-refractivity contribution < 1.29 is 12.9 Å². The van der Waals surface area contributed by atoms with Gasteiger partial charge in [0.05, 0.1) is 0 Å². The van der Waals surface area contributed by atoms with Gasteiger partial charge in [-0.2, -0.15) is 0 Å². The Morgan fingerprint density at radius 1 is 1.62 bits per heavy atom. The summed E-state index contributed by atoms with van der Waals surface area (Å²) in [6, 6.07) is 0. The molecule has 0 aliphatic heterocycles. The predicted molar refractivity (Wildman–Crippen MR) is 49.2 cm³/mol. The number of hydrogen-bond donors (Lipinski definition) is 1. The van der Waals surface area contributed by atoms with Crippen LogP contribution in [-0.2, 0) is 9.84 Å². The van der Waals surface area contributed by atoms with Gasteiger partial charge < -0.3 is 10.3 Å². The quantitative estimate of drug-likeness (QED) is 0.811. The molecule has 5 nitrogen and oxygen atoms in total. The lowest BCUT2D eigenvalue weighted by Gasteiger charge is -2.03. The Labute approximate surface area is 80.8 Å². The van der Waals surface area contributed by atoms with Gasteiger partial charge in [0.1, 0.15) is 10.3 Å². The molecule has 0 bridgehead atoms. The van der Waals surface area contributed by atoms with Gasteiger partial charge in [-0.05, 0) is 6.92 Å². The molecule has 1 atom stereocenters. The SMILES string of the molecule is CC(c1onc(N)c1Cl)S(C)(=O)=O. The zero-order valence-electron chi connectivity index (χ0n) is 7.11. The van der Waals surface area contributed by atoms with E-state index in [2.05, 4.69) is 5.16 Å². The van der Waals surface area contributed by atoms with Crippen LogP contribution in [0.2, 0.25) is 5.02 Å². The molecule has 1 unspecified atom stereocenters. The highest BCUT2D eigenvalue weighted by molar-refractivity contribution is 7.90. The third-order valence-corrected chi connectivity index (χ3v) is 3.57. The molecule has 0 aromatic carbocycles. The Morgan fingerprint density at radius 3 is 2.46 bits per heavy atom. The first-order chi connectivity index (χ1) is 5.84. The summed E-state index contributed by atoms with van der Waals surface area (Å²) in [6.45, 7) is 1.46. The minimum Gasteiger partial charge on any atom is -0.380 e. The number of halogens is 1. The van der Waals surface area contributed by atoms with Crippen molar-refractivity contribution in [1.82, 2.24) is 5.16 Å². The number of anilines is 1. The molecule has 0 saturated heterocycles. The number of sulfone groups is 1. The molecule has 0 amide bonds.